The molecule has 1 aliphatic heterocycles. The number of nitrogens with zero attached hydrogens (tertiary/aromatic N) is 2. The van der Waals surface area contributed by atoms with Gasteiger partial charge >= 0.3 is 11.9 Å². The van der Waals surface area contributed by atoms with Gasteiger partial charge in [-0.15, -0.1) is 11.3 Å². The monoisotopic (exact) mass is 424 g/mol. The molecule has 9 heteroatoms. The summed E-state index contributed by atoms with van der Waals surface area (Å²) in [5, 5.41) is 4.21. The lowest BCUT2D eigenvalue weighted by Gasteiger charge is -2.33. The van der Waals surface area contributed by atoms with Gasteiger partial charge in [0.05, 0.1) is 10.2 Å². The molecule has 154 valence electrons. The van der Waals surface area contributed by atoms with Crippen LogP contribution in [0.5, 0.6) is 0 Å². The first-order valence-electron chi connectivity index (χ1n) is 9.89. The fraction of sp³-hybridized carbons (Fsp3) is 0.333. The molecule has 0 bridgehead atoms. The number of para-hydroxylation sites is 1. The molecule has 0 atom stereocenters. The lowest BCUT2D eigenvalue weighted by Crippen LogP contribution is -2.51. The average Bonchev–Trinajstić information content (AvgIpc) is 3.44. The van der Waals surface area contributed by atoms with E-state index in [1.165, 1.54) is 17.4 Å². The van der Waals surface area contributed by atoms with Crippen molar-refractivity contribution in [2.75, 3.05) is 0 Å². The van der Waals surface area contributed by atoms with E-state index in [9.17, 15) is 14.4 Å². The number of amides is 4. The number of benzene rings is 1. The van der Waals surface area contributed by atoms with Gasteiger partial charge in [-0.3, -0.25) is 9.59 Å². The van der Waals surface area contributed by atoms with Crippen molar-refractivity contribution in [3.8, 4) is 10.8 Å². The first kappa shape index (κ1) is 18.8. The molecule has 30 heavy (non-hydrogen) atoms. The number of hydrogen-bond donors (Lipinski definition) is 2. The molecule has 4 amide bonds. The molecule has 3 aromatic rings. The maximum atomic E-state index is 12.9. The van der Waals surface area contributed by atoms with Crippen LogP contribution in [0.4, 0.5) is 4.79 Å². The molecule has 2 N–H and O–H groups in total. The van der Waals surface area contributed by atoms with Gasteiger partial charge in [0.1, 0.15) is 5.54 Å². The molecule has 1 spiro atoms. The lowest BCUT2D eigenvalue weighted by atomic mass is 9.77. The Morgan fingerprint density at radius 1 is 1.23 bits per heavy atom. The first-order valence-corrected chi connectivity index (χ1v) is 10.7. The van der Waals surface area contributed by atoms with Crippen LogP contribution in [0.1, 0.15) is 43.2 Å². The van der Waals surface area contributed by atoms with E-state index >= 15 is 0 Å². The van der Waals surface area contributed by atoms with Crippen molar-refractivity contribution >= 4 is 39.4 Å². The molecule has 1 saturated heterocycles. The van der Waals surface area contributed by atoms with Gasteiger partial charge in [0.25, 0.3) is 5.91 Å². The van der Waals surface area contributed by atoms with Gasteiger partial charge in [-0.25, -0.2) is 15.2 Å². The summed E-state index contributed by atoms with van der Waals surface area (Å²) >= 11 is 1.46. The number of hydrogen-bond acceptors (Lipinski definition) is 6. The first-order chi connectivity index (χ1) is 14.4. The molecule has 0 unspecified atom stereocenters. The van der Waals surface area contributed by atoms with Crippen LogP contribution in [0.2, 0.25) is 0 Å². The molecule has 2 aliphatic rings. The predicted molar refractivity (Wildman–Crippen MR) is 111 cm³/mol. The normalized spacial score (nSPS) is 23.9. The highest BCUT2D eigenvalue weighted by Gasteiger charge is 2.53. The third-order valence-electron chi connectivity index (χ3n) is 5.84. The van der Waals surface area contributed by atoms with Crippen molar-refractivity contribution in [2.45, 2.75) is 38.1 Å². The van der Waals surface area contributed by atoms with Crippen molar-refractivity contribution in [2.24, 2.45) is 5.92 Å². The maximum absolute atomic E-state index is 12.9. The number of imide groups is 1. The molecule has 2 aromatic heterocycles. The molecule has 1 aliphatic carbocycles. The number of carbonyl (C=O) groups is 3. The summed E-state index contributed by atoms with van der Waals surface area (Å²) in [5.74, 6) is -0.0924. The topological polar surface area (TPSA) is 105 Å². The van der Waals surface area contributed by atoms with Crippen LogP contribution in [0.25, 0.3) is 21.0 Å². The maximum Gasteiger partial charge on any atom is 0.344 e. The summed E-state index contributed by atoms with van der Waals surface area (Å²) < 4.78 is 6.67. The Morgan fingerprint density at radius 2 is 2.00 bits per heavy atom. The standard InChI is InChI=1S/C21H20N4O4S/c1-12-8-10-21(11-9-12)19(27)25(20(28)23-21)24-17(26)14-6-7-15(29-14)18-22-13-4-2-3-5-16(13)30-18/h2-7,12H,8-11H2,1H3,(H,23,28)(H,24,26). The molecule has 1 aromatic carbocycles. The molecule has 0 radical (unpaired) electrons. The fourth-order valence-electron chi connectivity index (χ4n) is 4.02. The van der Waals surface area contributed by atoms with E-state index in [2.05, 4.69) is 22.7 Å². The summed E-state index contributed by atoms with van der Waals surface area (Å²) in [6, 6.07) is 10.3. The summed E-state index contributed by atoms with van der Waals surface area (Å²) in [4.78, 5) is 42.4. The smallest absolute Gasteiger partial charge is 0.344 e. The minimum Gasteiger partial charge on any atom is -0.448 e. The number of thiazole rings is 1. The number of hydrazine groups is 1. The van der Waals surface area contributed by atoms with Crippen LogP contribution < -0.4 is 10.7 Å². The van der Waals surface area contributed by atoms with Gasteiger partial charge in [-0.1, -0.05) is 19.1 Å². The van der Waals surface area contributed by atoms with E-state index < -0.39 is 23.4 Å². The quantitative estimate of drug-likeness (QED) is 0.624. The Labute approximate surface area is 176 Å². The number of furan rings is 1. The highest BCUT2D eigenvalue weighted by atomic mass is 32.1. The van der Waals surface area contributed by atoms with Crippen LogP contribution in [0, 0.1) is 5.92 Å². The summed E-state index contributed by atoms with van der Waals surface area (Å²) in [7, 11) is 0. The molecule has 2 fully saturated rings. The van der Waals surface area contributed by atoms with E-state index in [1.807, 2.05) is 24.3 Å². The zero-order valence-corrected chi connectivity index (χ0v) is 17.1. The number of rotatable bonds is 3. The van der Waals surface area contributed by atoms with Gasteiger partial charge < -0.3 is 9.73 Å². The van der Waals surface area contributed by atoms with Gasteiger partial charge in [-0.05, 0) is 55.9 Å². The van der Waals surface area contributed by atoms with Crippen LogP contribution in [0.15, 0.2) is 40.8 Å². The zero-order valence-electron chi connectivity index (χ0n) is 16.3. The van der Waals surface area contributed by atoms with Gasteiger partial charge in [-0.2, -0.15) is 5.01 Å². The Bertz CT molecular complexity index is 1130. The molecule has 5 rings (SSSR count). The second-order valence-electron chi connectivity index (χ2n) is 7.93. The van der Waals surface area contributed by atoms with Crippen molar-refractivity contribution in [1.82, 2.24) is 20.7 Å². The highest BCUT2D eigenvalue weighted by Crippen LogP contribution is 2.36. The van der Waals surface area contributed by atoms with Crippen LogP contribution >= 0.6 is 11.3 Å². The van der Waals surface area contributed by atoms with Crippen molar-refractivity contribution < 1.29 is 18.8 Å². The molecular weight excluding hydrogens is 404 g/mol. The molecule has 3 heterocycles. The number of nitrogens with one attached hydrogen (secondary N) is 2. The molecule has 8 nitrogen and oxygen atoms in total. The fourth-order valence-corrected chi connectivity index (χ4v) is 4.95. The third-order valence-corrected chi connectivity index (χ3v) is 6.89. The van der Waals surface area contributed by atoms with Gasteiger partial charge in [0, 0.05) is 0 Å². The summed E-state index contributed by atoms with van der Waals surface area (Å²) in [6.45, 7) is 2.13. The van der Waals surface area contributed by atoms with E-state index in [-0.39, 0.29) is 5.76 Å². The summed E-state index contributed by atoms with van der Waals surface area (Å²) in [6.07, 6.45) is 2.87. The Balaban J connectivity index is 1.32. The van der Waals surface area contributed by atoms with Crippen molar-refractivity contribution in [3.05, 3.63) is 42.2 Å². The average molecular weight is 424 g/mol. The van der Waals surface area contributed by atoms with Gasteiger partial charge in [0.15, 0.2) is 16.5 Å². The SMILES string of the molecule is CC1CCC2(CC1)NC(=O)N(NC(=O)c1ccc(-c3nc4ccccc4s3)o1)C2=O. The van der Waals surface area contributed by atoms with E-state index in [0.717, 1.165) is 28.1 Å². The van der Waals surface area contributed by atoms with Crippen molar-refractivity contribution in [1.29, 1.82) is 0 Å². The largest absolute Gasteiger partial charge is 0.448 e. The van der Waals surface area contributed by atoms with E-state index in [4.69, 9.17) is 4.42 Å². The Kier molecular flexibility index (Phi) is 4.35. The second kappa shape index (κ2) is 6.94. The second-order valence-corrected chi connectivity index (χ2v) is 8.96. The Morgan fingerprint density at radius 3 is 2.77 bits per heavy atom. The molecule has 1 saturated carbocycles. The minimum atomic E-state index is -0.911. The zero-order chi connectivity index (χ0) is 20.9. The third kappa shape index (κ3) is 3.06. The number of urea groups is 1. The van der Waals surface area contributed by atoms with E-state index in [0.29, 0.717) is 29.5 Å². The van der Waals surface area contributed by atoms with Crippen LogP contribution in [-0.2, 0) is 4.79 Å². The van der Waals surface area contributed by atoms with Gasteiger partial charge in [0.2, 0.25) is 0 Å². The van der Waals surface area contributed by atoms with E-state index in [1.54, 1.807) is 6.07 Å². The highest BCUT2D eigenvalue weighted by molar-refractivity contribution is 7.21. The number of fused-ring (bicyclic) bond motifs is 1. The van der Waals surface area contributed by atoms with Crippen molar-refractivity contribution in [3.63, 3.8) is 0 Å². The number of aromatic nitrogens is 1. The lowest BCUT2D eigenvalue weighted by molar-refractivity contribution is -0.134. The van der Waals surface area contributed by atoms with Crippen LogP contribution in [0.3, 0.4) is 0 Å². The minimum absolute atomic E-state index is 0.00284. The molecular formula is C21H20N4O4S. The predicted octanol–water partition coefficient (Wildman–Crippen LogP) is 3.70. The Hall–Kier alpha value is -3.20. The number of carbonyl (C=O) groups excluding carboxylic acids is 3. The summed E-state index contributed by atoms with van der Waals surface area (Å²) in [5.41, 5.74) is 2.33. The van der Waals surface area contributed by atoms with Crippen LogP contribution in [-0.4, -0.2) is 33.4 Å².